The molecule has 0 unspecified atom stereocenters. The van der Waals surface area contributed by atoms with E-state index in [1.54, 1.807) is 18.2 Å². The van der Waals surface area contributed by atoms with Gasteiger partial charge in [-0.1, -0.05) is 86.3 Å². The van der Waals surface area contributed by atoms with Crippen LogP contribution in [0.1, 0.15) is 38.4 Å². The molecule has 1 aromatic carbocycles. The van der Waals surface area contributed by atoms with Gasteiger partial charge in [-0.25, -0.2) is 0 Å². The summed E-state index contributed by atoms with van der Waals surface area (Å²) in [5, 5.41) is 12.1. The summed E-state index contributed by atoms with van der Waals surface area (Å²) in [6, 6.07) is 7.48. The number of nitrogens with zero attached hydrogens (tertiary/aromatic N) is 1. The van der Waals surface area contributed by atoms with Crippen LogP contribution in [0, 0.1) is 5.92 Å². The molecule has 0 bridgehead atoms. The Bertz CT molecular complexity index is 1080. The highest BCUT2D eigenvalue weighted by Crippen LogP contribution is 2.40. The summed E-state index contributed by atoms with van der Waals surface area (Å²) in [5.41, 5.74) is 2.28. The quantitative estimate of drug-likeness (QED) is 0.197. The molecule has 2 atom stereocenters. The molecule has 0 aromatic heterocycles. The Labute approximate surface area is 220 Å². The second kappa shape index (κ2) is 13.5. The first-order chi connectivity index (χ1) is 17.4. The second-order valence-electron chi connectivity index (χ2n) is 8.95. The maximum Gasteiger partial charge on any atom is 0.137 e. The predicted octanol–water partition coefficient (Wildman–Crippen LogP) is 6.28. The number of hydrogen-bond donors (Lipinski definition) is 2. The molecular formula is C30H37ClN2O3. The van der Waals surface area contributed by atoms with Crippen LogP contribution in [0.25, 0.3) is 0 Å². The SMILES string of the molecule is C=C/C=C(C(=C)/C(=C(\ON)[C@H]1C=CC=CC1)[C@@H](O)c1ccc(OC2CN(CCC)C2)cc1)\C(Cl)=C/C. The Morgan fingerprint density at radius 2 is 2.00 bits per heavy atom. The lowest BCUT2D eigenvalue weighted by Gasteiger charge is -2.38. The molecular weight excluding hydrogens is 472 g/mol. The molecule has 1 fully saturated rings. The molecule has 2 aliphatic rings. The van der Waals surface area contributed by atoms with Crippen LogP contribution in [0.2, 0.25) is 0 Å². The molecule has 0 spiro atoms. The van der Waals surface area contributed by atoms with Crippen molar-refractivity contribution in [3.63, 3.8) is 0 Å². The summed E-state index contributed by atoms with van der Waals surface area (Å²) in [6.07, 6.45) is 14.1. The summed E-state index contributed by atoms with van der Waals surface area (Å²) in [7, 11) is 0. The van der Waals surface area contributed by atoms with Gasteiger partial charge in [0.1, 0.15) is 23.7 Å². The zero-order valence-electron chi connectivity index (χ0n) is 21.2. The lowest BCUT2D eigenvalue weighted by molar-refractivity contribution is 0.0202. The van der Waals surface area contributed by atoms with Gasteiger partial charge in [-0.2, -0.15) is 5.90 Å². The maximum absolute atomic E-state index is 11.6. The van der Waals surface area contributed by atoms with Crippen molar-refractivity contribution in [1.82, 2.24) is 4.90 Å². The van der Waals surface area contributed by atoms with Crippen LogP contribution in [0.5, 0.6) is 5.75 Å². The van der Waals surface area contributed by atoms with Gasteiger partial charge in [-0.15, -0.1) is 0 Å². The predicted molar refractivity (Wildman–Crippen MR) is 148 cm³/mol. The summed E-state index contributed by atoms with van der Waals surface area (Å²) in [5.74, 6) is 6.86. The van der Waals surface area contributed by atoms with Crippen molar-refractivity contribution in [2.75, 3.05) is 19.6 Å². The highest BCUT2D eigenvalue weighted by atomic mass is 35.5. The molecule has 1 saturated heterocycles. The summed E-state index contributed by atoms with van der Waals surface area (Å²) in [4.78, 5) is 7.79. The van der Waals surface area contributed by atoms with Crippen LogP contribution >= 0.6 is 11.6 Å². The Morgan fingerprint density at radius 1 is 1.28 bits per heavy atom. The van der Waals surface area contributed by atoms with Crippen LogP contribution in [0.15, 0.2) is 107 Å². The summed E-state index contributed by atoms with van der Waals surface area (Å²) >= 11 is 6.51. The van der Waals surface area contributed by atoms with Gasteiger partial charge in [0.2, 0.25) is 0 Å². The van der Waals surface area contributed by atoms with E-state index in [2.05, 4.69) is 25.0 Å². The molecule has 1 heterocycles. The Balaban J connectivity index is 1.92. The Kier molecular flexibility index (Phi) is 10.4. The van der Waals surface area contributed by atoms with Crippen molar-refractivity contribution >= 4 is 11.6 Å². The van der Waals surface area contributed by atoms with Crippen LogP contribution in [0.3, 0.4) is 0 Å². The fourth-order valence-electron chi connectivity index (χ4n) is 4.50. The average Bonchev–Trinajstić information content (AvgIpc) is 2.88. The second-order valence-corrected chi connectivity index (χ2v) is 9.36. The van der Waals surface area contributed by atoms with Crippen molar-refractivity contribution in [3.8, 4) is 5.75 Å². The lowest BCUT2D eigenvalue weighted by atomic mass is 9.85. The zero-order valence-corrected chi connectivity index (χ0v) is 22.0. The minimum Gasteiger partial charge on any atom is -0.488 e. The van der Waals surface area contributed by atoms with Crippen molar-refractivity contribution < 1.29 is 14.7 Å². The number of hydrogen-bond acceptors (Lipinski definition) is 5. The smallest absolute Gasteiger partial charge is 0.137 e. The molecule has 3 N–H and O–H groups in total. The third-order valence-corrected chi connectivity index (χ3v) is 6.81. The lowest BCUT2D eigenvalue weighted by Crippen LogP contribution is -2.53. The standard InChI is InChI=1S/C30H37ClN2O3/c1-5-11-26(27(31)7-3)21(4)28(30(36-32)23-12-9-8-10-13-23)29(34)22-14-16-24(17-15-22)35-25-19-33(20-25)18-6-2/h5,7-12,14-17,23,25,29,34H,1,4,6,13,18-20,32H2,2-3H3/b26-11-,27-7+,30-28+/t23-,29-/m0/s1. The highest BCUT2D eigenvalue weighted by Gasteiger charge is 2.30. The zero-order chi connectivity index (χ0) is 26.1. The monoisotopic (exact) mass is 508 g/mol. The average molecular weight is 509 g/mol. The first-order valence-corrected chi connectivity index (χ1v) is 12.8. The van der Waals surface area contributed by atoms with E-state index in [0.717, 1.165) is 31.8 Å². The van der Waals surface area contributed by atoms with Crippen LogP contribution in [-0.4, -0.2) is 35.7 Å². The topological polar surface area (TPSA) is 68.0 Å². The van der Waals surface area contributed by atoms with Gasteiger partial charge in [-0.05, 0) is 55.2 Å². The van der Waals surface area contributed by atoms with Gasteiger partial charge in [0, 0.05) is 29.6 Å². The molecule has 192 valence electrons. The van der Waals surface area contributed by atoms with E-state index < -0.39 is 6.10 Å². The molecule has 3 rings (SSSR count). The third-order valence-electron chi connectivity index (χ3n) is 6.39. The number of aliphatic hydroxyl groups is 1. The van der Waals surface area contributed by atoms with Crippen LogP contribution < -0.4 is 10.6 Å². The van der Waals surface area contributed by atoms with E-state index in [4.69, 9.17) is 27.1 Å². The van der Waals surface area contributed by atoms with E-state index in [1.165, 1.54) is 0 Å². The van der Waals surface area contributed by atoms with Crippen molar-refractivity contribution in [2.24, 2.45) is 11.8 Å². The van der Waals surface area contributed by atoms with Crippen molar-refractivity contribution in [1.29, 1.82) is 0 Å². The number of ether oxygens (including phenoxy) is 1. The van der Waals surface area contributed by atoms with E-state index in [9.17, 15) is 5.11 Å². The molecule has 1 aromatic rings. The molecule has 0 amide bonds. The summed E-state index contributed by atoms with van der Waals surface area (Å²) in [6.45, 7) is 15.1. The van der Waals surface area contributed by atoms with Gasteiger partial charge in [0.25, 0.3) is 0 Å². The molecule has 0 saturated carbocycles. The van der Waals surface area contributed by atoms with Gasteiger partial charge in [0.15, 0.2) is 0 Å². The molecule has 1 aliphatic carbocycles. The van der Waals surface area contributed by atoms with Gasteiger partial charge in [0.05, 0.1) is 0 Å². The van der Waals surface area contributed by atoms with Crippen LogP contribution in [0.4, 0.5) is 0 Å². The first-order valence-electron chi connectivity index (χ1n) is 12.4. The van der Waals surface area contributed by atoms with Gasteiger partial charge < -0.3 is 14.7 Å². The normalized spacial score (nSPS) is 20.4. The molecule has 6 heteroatoms. The number of aliphatic hydroxyl groups excluding tert-OH is 1. The summed E-state index contributed by atoms with van der Waals surface area (Å²) < 4.78 is 6.09. The van der Waals surface area contributed by atoms with Crippen LogP contribution in [-0.2, 0) is 4.84 Å². The highest BCUT2D eigenvalue weighted by molar-refractivity contribution is 6.32. The largest absolute Gasteiger partial charge is 0.488 e. The number of nitrogens with two attached hydrogens (primary N) is 1. The first kappa shape index (κ1) is 27.8. The molecule has 0 radical (unpaired) electrons. The number of likely N-dealkylation sites (tertiary alicyclic amines) is 1. The third kappa shape index (κ3) is 6.68. The molecule has 36 heavy (non-hydrogen) atoms. The van der Waals surface area contributed by atoms with Crippen molar-refractivity contribution in [2.45, 2.75) is 38.9 Å². The fraction of sp³-hybridized carbons (Fsp3) is 0.333. The van der Waals surface area contributed by atoms with E-state index in [0.29, 0.717) is 39.5 Å². The van der Waals surface area contributed by atoms with Gasteiger partial charge in [-0.3, -0.25) is 4.90 Å². The maximum atomic E-state index is 11.6. The number of rotatable bonds is 12. The molecule has 5 nitrogen and oxygen atoms in total. The number of benzene rings is 1. The minimum atomic E-state index is -1.05. The van der Waals surface area contributed by atoms with E-state index in [-0.39, 0.29) is 12.0 Å². The Morgan fingerprint density at radius 3 is 2.56 bits per heavy atom. The molecule has 1 aliphatic heterocycles. The van der Waals surface area contributed by atoms with E-state index >= 15 is 0 Å². The van der Waals surface area contributed by atoms with Gasteiger partial charge >= 0.3 is 0 Å². The fourth-order valence-corrected chi connectivity index (χ4v) is 4.68. The number of halogens is 1. The number of allylic oxidation sites excluding steroid dienone is 9. The minimum absolute atomic E-state index is 0.150. The van der Waals surface area contributed by atoms with E-state index in [1.807, 2.05) is 55.5 Å². The Hall–Kier alpha value is -2.83. The van der Waals surface area contributed by atoms with Crippen molar-refractivity contribution in [3.05, 3.63) is 113 Å².